The maximum absolute atomic E-state index is 6.08. The van der Waals surface area contributed by atoms with E-state index in [4.69, 9.17) is 11.6 Å². The van der Waals surface area contributed by atoms with Gasteiger partial charge in [-0.3, -0.25) is 0 Å². The minimum absolute atomic E-state index is 0.771. The van der Waals surface area contributed by atoms with Crippen LogP contribution in [0.2, 0.25) is 5.02 Å². The molecule has 0 saturated heterocycles. The van der Waals surface area contributed by atoms with Gasteiger partial charge in [0, 0.05) is 43.9 Å². The number of thioether (sulfide) groups is 2. The van der Waals surface area contributed by atoms with E-state index >= 15 is 0 Å². The lowest BCUT2D eigenvalue weighted by Gasteiger charge is -2.35. The molecule has 0 N–H and O–H groups in total. The molecule has 0 radical (unpaired) electrons. The molecule has 0 amide bonds. The predicted octanol–water partition coefficient (Wildman–Crippen LogP) is 7.43. The number of nitrogens with zero attached hydrogens (tertiary/aromatic N) is 1. The Balaban J connectivity index is 1.91. The van der Waals surface area contributed by atoms with E-state index in [0.29, 0.717) is 0 Å². The first-order valence-corrected chi connectivity index (χ1v) is 11.6. The molecule has 4 heteroatoms. The van der Waals surface area contributed by atoms with Crippen LogP contribution in [0.1, 0.15) is 16.7 Å². The summed E-state index contributed by atoms with van der Waals surface area (Å²) < 4.78 is 1.35. The van der Waals surface area contributed by atoms with Crippen LogP contribution in [0.4, 0.5) is 11.4 Å². The molecule has 3 aromatic carbocycles. The molecule has 0 fully saturated rings. The van der Waals surface area contributed by atoms with Gasteiger partial charge in [-0.2, -0.15) is 0 Å². The van der Waals surface area contributed by atoms with Gasteiger partial charge in [0.25, 0.3) is 0 Å². The highest BCUT2D eigenvalue weighted by Gasteiger charge is 2.27. The van der Waals surface area contributed by atoms with Crippen LogP contribution in [-0.2, 0) is 6.54 Å². The molecule has 3 aromatic rings. The molecule has 0 aromatic heterocycles. The number of halogens is 1. The summed E-state index contributed by atoms with van der Waals surface area (Å²) in [7, 11) is 0. The van der Waals surface area contributed by atoms with Gasteiger partial charge >= 0.3 is 0 Å². The van der Waals surface area contributed by atoms with Crippen molar-refractivity contribution < 1.29 is 0 Å². The van der Waals surface area contributed by atoms with Crippen LogP contribution in [0.3, 0.4) is 0 Å². The topological polar surface area (TPSA) is 3.24 Å². The molecule has 0 bridgehead atoms. The summed E-state index contributed by atoms with van der Waals surface area (Å²) in [5.74, 6) is 0. The largest absolute Gasteiger partial charge is 0.336 e. The summed E-state index contributed by atoms with van der Waals surface area (Å²) >= 11 is 9.72. The van der Waals surface area contributed by atoms with Crippen LogP contribution >= 0.6 is 35.1 Å². The van der Waals surface area contributed by atoms with Crippen molar-refractivity contribution in [1.29, 1.82) is 0 Å². The van der Waals surface area contributed by atoms with Crippen LogP contribution in [0.25, 0.3) is 5.57 Å². The maximum Gasteiger partial charge on any atom is 0.0494 e. The average molecular weight is 410 g/mol. The summed E-state index contributed by atoms with van der Waals surface area (Å²) in [5.41, 5.74) is 7.68. The first-order chi connectivity index (χ1) is 13.2. The van der Waals surface area contributed by atoms with E-state index in [1.165, 1.54) is 37.9 Å². The van der Waals surface area contributed by atoms with Crippen molar-refractivity contribution in [2.45, 2.75) is 6.54 Å². The predicted molar refractivity (Wildman–Crippen MR) is 123 cm³/mol. The summed E-state index contributed by atoms with van der Waals surface area (Å²) in [4.78, 5) is 2.41. The first kappa shape index (κ1) is 18.5. The fourth-order valence-corrected chi connectivity index (χ4v) is 5.21. The van der Waals surface area contributed by atoms with Gasteiger partial charge in [-0.1, -0.05) is 60.1 Å². The quantitative estimate of drug-likeness (QED) is 0.440. The Morgan fingerprint density at radius 1 is 0.778 bits per heavy atom. The van der Waals surface area contributed by atoms with Crippen LogP contribution in [0.15, 0.2) is 77.0 Å². The van der Waals surface area contributed by atoms with Gasteiger partial charge in [0.15, 0.2) is 0 Å². The third-order valence-electron chi connectivity index (χ3n) is 4.76. The maximum atomic E-state index is 6.08. The smallest absolute Gasteiger partial charge is 0.0494 e. The SMILES string of the molecule is CSC(SC)=C1c2ccccc2N(Cc2ccc(Cl)cc2)c2ccccc21. The Bertz CT molecular complexity index is 940. The molecule has 27 heavy (non-hydrogen) atoms. The molecule has 1 nitrogen and oxygen atoms in total. The highest BCUT2D eigenvalue weighted by atomic mass is 35.5. The highest BCUT2D eigenvalue weighted by molar-refractivity contribution is 8.21. The third-order valence-corrected chi connectivity index (χ3v) is 7.16. The summed E-state index contributed by atoms with van der Waals surface area (Å²) in [6, 6.07) is 25.6. The Kier molecular flexibility index (Phi) is 5.53. The second kappa shape index (κ2) is 8.05. The summed E-state index contributed by atoms with van der Waals surface area (Å²) in [6.45, 7) is 0.812. The van der Waals surface area contributed by atoms with Gasteiger partial charge in [-0.05, 0) is 42.3 Å². The van der Waals surface area contributed by atoms with Crippen molar-refractivity contribution >= 4 is 52.1 Å². The van der Waals surface area contributed by atoms with Crippen molar-refractivity contribution in [2.24, 2.45) is 0 Å². The van der Waals surface area contributed by atoms with E-state index in [0.717, 1.165) is 11.6 Å². The lowest BCUT2D eigenvalue weighted by atomic mass is 9.91. The van der Waals surface area contributed by atoms with E-state index in [-0.39, 0.29) is 0 Å². The summed E-state index contributed by atoms with van der Waals surface area (Å²) in [5, 5.41) is 0.771. The van der Waals surface area contributed by atoms with Gasteiger partial charge in [-0.15, -0.1) is 23.5 Å². The van der Waals surface area contributed by atoms with E-state index in [1.54, 1.807) is 0 Å². The number of fused-ring (bicyclic) bond motifs is 2. The van der Waals surface area contributed by atoms with Crippen molar-refractivity contribution in [1.82, 2.24) is 0 Å². The second-order valence-corrected chi connectivity index (χ2v) is 8.65. The molecule has 0 saturated carbocycles. The van der Waals surface area contributed by atoms with Crippen LogP contribution in [0.5, 0.6) is 0 Å². The normalized spacial score (nSPS) is 12.6. The minimum Gasteiger partial charge on any atom is -0.336 e. The molecular weight excluding hydrogens is 390 g/mol. The zero-order chi connectivity index (χ0) is 18.8. The van der Waals surface area contributed by atoms with Gasteiger partial charge < -0.3 is 4.90 Å². The van der Waals surface area contributed by atoms with Gasteiger partial charge in [0.2, 0.25) is 0 Å². The van der Waals surface area contributed by atoms with Gasteiger partial charge in [-0.25, -0.2) is 0 Å². The van der Waals surface area contributed by atoms with E-state index in [2.05, 4.69) is 78.1 Å². The van der Waals surface area contributed by atoms with E-state index in [1.807, 2.05) is 35.7 Å². The number of anilines is 2. The number of hydrogen-bond donors (Lipinski definition) is 0. The van der Waals surface area contributed by atoms with Crippen molar-refractivity contribution in [3.63, 3.8) is 0 Å². The average Bonchev–Trinajstić information content (AvgIpc) is 2.72. The molecule has 0 spiro atoms. The van der Waals surface area contributed by atoms with E-state index in [9.17, 15) is 0 Å². The lowest BCUT2D eigenvalue weighted by Crippen LogP contribution is -2.22. The Labute approximate surface area is 174 Å². The minimum atomic E-state index is 0.771. The van der Waals surface area contributed by atoms with Crippen LogP contribution < -0.4 is 4.90 Å². The van der Waals surface area contributed by atoms with E-state index < -0.39 is 0 Å². The lowest BCUT2D eigenvalue weighted by molar-refractivity contribution is 0.963. The van der Waals surface area contributed by atoms with Crippen LogP contribution in [0, 0.1) is 0 Å². The van der Waals surface area contributed by atoms with Crippen molar-refractivity contribution in [3.8, 4) is 0 Å². The van der Waals surface area contributed by atoms with Crippen molar-refractivity contribution in [2.75, 3.05) is 17.4 Å². The monoisotopic (exact) mass is 409 g/mol. The molecule has 1 aliphatic heterocycles. The zero-order valence-corrected chi connectivity index (χ0v) is 17.7. The fourth-order valence-electron chi connectivity index (χ4n) is 3.57. The van der Waals surface area contributed by atoms with Crippen molar-refractivity contribution in [3.05, 3.63) is 98.7 Å². The molecule has 1 heterocycles. The molecule has 0 aliphatic carbocycles. The number of rotatable bonds is 4. The molecular formula is C23H20ClNS2. The third kappa shape index (κ3) is 3.52. The molecule has 1 aliphatic rings. The standard InChI is InChI=1S/C23H20ClNS2/c1-26-23(27-2)22-18-7-3-5-9-20(18)25(21-10-6-4-8-19(21)22)15-16-11-13-17(24)14-12-16/h3-14H,15H2,1-2H3. The number of benzene rings is 3. The summed E-state index contributed by atoms with van der Waals surface area (Å²) in [6.07, 6.45) is 4.31. The Morgan fingerprint density at radius 3 is 1.81 bits per heavy atom. The number of para-hydroxylation sites is 2. The zero-order valence-electron chi connectivity index (χ0n) is 15.3. The first-order valence-electron chi connectivity index (χ1n) is 8.76. The molecule has 136 valence electrons. The number of hydrogen-bond acceptors (Lipinski definition) is 3. The fraction of sp³-hybridized carbons (Fsp3) is 0.130. The molecule has 0 unspecified atom stereocenters. The second-order valence-electron chi connectivity index (χ2n) is 6.32. The molecule has 4 rings (SSSR count). The van der Waals surface area contributed by atoms with Gasteiger partial charge in [0.05, 0.1) is 0 Å². The van der Waals surface area contributed by atoms with Gasteiger partial charge in [0.1, 0.15) is 0 Å². The Morgan fingerprint density at radius 2 is 1.30 bits per heavy atom. The molecule has 0 atom stereocenters. The highest BCUT2D eigenvalue weighted by Crippen LogP contribution is 2.49. The van der Waals surface area contributed by atoms with Crippen LogP contribution in [-0.4, -0.2) is 12.5 Å². The Hall–Kier alpha value is -1.81.